The van der Waals surface area contributed by atoms with Crippen LogP contribution in [0.4, 0.5) is 4.79 Å². The average molecular weight is 247 g/mol. The zero-order valence-electron chi connectivity index (χ0n) is 10.1. The first-order valence-corrected chi connectivity index (χ1v) is 6.39. The second-order valence-electron chi connectivity index (χ2n) is 5.18. The van der Waals surface area contributed by atoms with E-state index in [2.05, 4.69) is 5.32 Å². The van der Waals surface area contributed by atoms with Crippen LogP contribution < -0.4 is 5.32 Å². The van der Waals surface area contributed by atoms with Crippen LogP contribution in [0.2, 0.25) is 0 Å². The Kier molecular flexibility index (Phi) is 2.96. The van der Waals surface area contributed by atoms with Gasteiger partial charge in [-0.2, -0.15) is 0 Å². The van der Waals surface area contributed by atoms with Crippen LogP contribution in [0.5, 0.6) is 0 Å². The molecule has 0 aliphatic heterocycles. The first-order valence-electron chi connectivity index (χ1n) is 6.39. The highest BCUT2D eigenvalue weighted by Gasteiger charge is 2.56. The third-order valence-electron chi connectivity index (χ3n) is 3.92. The molecule has 2 fully saturated rings. The SMILES string of the molecule is O=C(NC1C2CC(O)CC21)OCc1ccccc1. The van der Waals surface area contributed by atoms with Gasteiger partial charge in [0.2, 0.25) is 0 Å². The highest BCUT2D eigenvalue weighted by atomic mass is 16.5. The van der Waals surface area contributed by atoms with E-state index >= 15 is 0 Å². The minimum Gasteiger partial charge on any atom is -0.445 e. The van der Waals surface area contributed by atoms with Gasteiger partial charge in [0.15, 0.2) is 0 Å². The molecule has 2 N–H and O–H groups in total. The van der Waals surface area contributed by atoms with Crippen molar-refractivity contribution in [3.05, 3.63) is 35.9 Å². The number of aliphatic hydroxyl groups excluding tert-OH is 1. The number of rotatable bonds is 3. The van der Waals surface area contributed by atoms with Gasteiger partial charge in [-0.05, 0) is 30.2 Å². The zero-order chi connectivity index (χ0) is 12.5. The first kappa shape index (κ1) is 11.5. The van der Waals surface area contributed by atoms with Crippen LogP contribution in [0.1, 0.15) is 18.4 Å². The Bertz CT molecular complexity index is 422. The van der Waals surface area contributed by atoms with Crippen molar-refractivity contribution in [3.8, 4) is 0 Å². The minimum absolute atomic E-state index is 0.168. The van der Waals surface area contributed by atoms with Crippen molar-refractivity contribution in [3.63, 3.8) is 0 Å². The summed E-state index contributed by atoms with van der Waals surface area (Å²) in [6.07, 6.45) is 1.11. The molecule has 2 aliphatic carbocycles. The third kappa shape index (κ3) is 2.34. The zero-order valence-corrected chi connectivity index (χ0v) is 10.1. The number of aliphatic hydroxyl groups is 1. The van der Waals surface area contributed by atoms with Crippen LogP contribution in [-0.2, 0) is 11.3 Å². The number of carbonyl (C=O) groups excluding carboxylic acids is 1. The van der Waals surface area contributed by atoms with Gasteiger partial charge in [-0.15, -0.1) is 0 Å². The molecule has 4 nitrogen and oxygen atoms in total. The van der Waals surface area contributed by atoms with Crippen LogP contribution in [-0.4, -0.2) is 23.3 Å². The third-order valence-corrected chi connectivity index (χ3v) is 3.92. The quantitative estimate of drug-likeness (QED) is 0.854. The number of alkyl carbamates (subject to hydrolysis) is 1. The van der Waals surface area contributed by atoms with E-state index in [4.69, 9.17) is 4.74 Å². The standard InChI is InChI=1S/C14H17NO3/c16-10-6-11-12(7-10)13(11)15-14(17)18-8-9-4-2-1-3-5-9/h1-5,10-13,16H,6-8H2,(H,15,17). The summed E-state index contributed by atoms with van der Waals surface area (Å²) < 4.78 is 5.16. The average Bonchev–Trinajstić information content (AvgIpc) is 2.84. The van der Waals surface area contributed by atoms with E-state index in [1.54, 1.807) is 0 Å². The molecule has 3 rings (SSSR count). The van der Waals surface area contributed by atoms with E-state index in [9.17, 15) is 9.90 Å². The van der Waals surface area contributed by atoms with Gasteiger partial charge in [0.1, 0.15) is 6.61 Å². The Hall–Kier alpha value is -1.55. The lowest BCUT2D eigenvalue weighted by Gasteiger charge is -2.10. The Morgan fingerprint density at radius 2 is 1.94 bits per heavy atom. The van der Waals surface area contributed by atoms with Crippen molar-refractivity contribution >= 4 is 6.09 Å². The lowest BCUT2D eigenvalue weighted by atomic mass is 10.2. The summed E-state index contributed by atoms with van der Waals surface area (Å²) in [7, 11) is 0. The fourth-order valence-electron chi connectivity index (χ4n) is 2.93. The van der Waals surface area contributed by atoms with Crippen molar-refractivity contribution in [2.24, 2.45) is 11.8 Å². The van der Waals surface area contributed by atoms with Crippen LogP contribution in [0.3, 0.4) is 0 Å². The molecule has 96 valence electrons. The van der Waals surface area contributed by atoms with Crippen molar-refractivity contribution in [1.29, 1.82) is 0 Å². The molecule has 2 unspecified atom stereocenters. The normalized spacial score (nSPS) is 32.7. The molecule has 0 spiro atoms. The van der Waals surface area contributed by atoms with E-state index in [0.717, 1.165) is 18.4 Å². The lowest BCUT2D eigenvalue weighted by molar-refractivity contribution is 0.132. The van der Waals surface area contributed by atoms with E-state index in [-0.39, 0.29) is 18.2 Å². The van der Waals surface area contributed by atoms with Crippen LogP contribution in [0.15, 0.2) is 30.3 Å². The van der Waals surface area contributed by atoms with Gasteiger partial charge in [-0.1, -0.05) is 30.3 Å². The number of hydrogen-bond donors (Lipinski definition) is 2. The molecule has 0 aromatic heterocycles. The summed E-state index contributed by atoms with van der Waals surface area (Å²) in [4.78, 5) is 11.6. The first-order chi connectivity index (χ1) is 8.74. The maximum Gasteiger partial charge on any atom is 0.407 e. The van der Waals surface area contributed by atoms with Crippen molar-refractivity contribution in [2.75, 3.05) is 0 Å². The monoisotopic (exact) mass is 247 g/mol. The molecule has 0 saturated heterocycles. The number of fused-ring (bicyclic) bond motifs is 1. The molecule has 0 radical (unpaired) electrons. The maximum absolute atomic E-state index is 11.6. The number of benzene rings is 1. The van der Waals surface area contributed by atoms with Crippen LogP contribution in [0.25, 0.3) is 0 Å². The summed E-state index contributed by atoms with van der Waals surface area (Å²) in [6.45, 7) is 0.303. The van der Waals surface area contributed by atoms with Crippen molar-refractivity contribution in [1.82, 2.24) is 5.32 Å². The van der Waals surface area contributed by atoms with Gasteiger partial charge in [0.25, 0.3) is 0 Å². The Morgan fingerprint density at radius 3 is 2.61 bits per heavy atom. The molecule has 0 bridgehead atoms. The van der Waals surface area contributed by atoms with Gasteiger partial charge < -0.3 is 15.2 Å². The number of ether oxygens (including phenoxy) is 1. The second-order valence-corrected chi connectivity index (χ2v) is 5.18. The fraction of sp³-hybridized carbons (Fsp3) is 0.500. The number of amides is 1. The fourth-order valence-corrected chi connectivity index (χ4v) is 2.93. The van der Waals surface area contributed by atoms with Gasteiger partial charge >= 0.3 is 6.09 Å². The summed E-state index contributed by atoms with van der Waals surface area (Å²) in [5.41, 5.74) is 0.985. The highest BCUT2D eigenvalue weighted by Crippen LogP contribution is 2.51. The molecular weight excluding hydrogens is 230 g/mol. The van der Waals surface area contributed by atoms with Gasteiger partial charge in [-0.3, -0.25) is 0 Å². The molecule has 4 heteroatoms. The molecular formula is C14H17NO3. The highest BCUT2D eigenvalue weighted by molar-refractivity contribution is 5.68. The van der Waals surface area contributed by atoms with Gasteiger partial charge in [0, 0.05) is 6.04 Å². The summed E-state index contributed by atoms with van der Waals surface area (Å²) in [5.74, 6) is 0.925. The number of hydrogen-bond acceptors (Lipinski definition) is 3. The lowest BCUT2D eigenvalue weighted by Crippen LogP contribution is -2.30. The Balaban J connectivity index is 1.41. The van der Waals surface area contributed by atoms with Crippen LogP contribution in [0, 0.1) is 11.8 Å². The Morgan fingerprint density at radius 1 is 1.28 bits per heavy atom. The molecule has 18 heavy (non-hydrogen) atoms. The van der Waals surface area contributed by atoms with E-state index < -0.39 is 0 Å². The summed E-state index contributed by atoms with van der Waals surface area (Å²) >= 11 is 0. The minimum atomic E-state index is -0.354. The molecule has 1 aromatic carbocycles. The number of carbonyl (C=O) groups is 1. The number of nitrogens with one attached hydrogen (secondary N) is 1. The second kappa shape index (κ2) is 4.61. The van der Waals surface area contributed by atoms with E-state index in [1.165, 1.54) is 0 Å². The van der Waals surface area contributed by atoms with Crippen molar-refractivity contribution < 1.29 is 14.6 Å². The van der Waals surface area contributed by atoms with Crippen molar-refractivity contribution in [2.45, 2.75) is 31.6 Å². The molecule has 1 amide bonds. The molecule has 1 aromatic rings. The Labute approximate surface area is 106 Å². The predicted molar refractivity (Wildman–Crippen MR) is 65.8 cm³/mol. The van der Waals surface area contributed by atoms with E-state index in [1.807, 2.05) is 30.3 Å². The predicted octanol–water partition coefficient (Wildman–Crippen LogP) is 1.68. The molecule has 2 saturated carbocycles. The largest absolute Gasteiger partial charge is 0.445 e. The molecule has 2 atom stereocenters. The maximum atomic E-state index is 11.6. The van der Waals surface area contributed by atoms with Crippen LogP contribution >= 0.6 is 0 Å². The molecule has 2 aliphatic rings. The summed E-state index contributed by atoms with van der Waals surface area (Å²) in [5, 5.41) is 12.3. The topological polar surface area (TPSA) is 58.6 Å². The van der Waals surface area contributed by atoms with Gasteiger partial charge in [-0.25, -0.2) is 4.79 Å². The smallest absolute Gasteiger partial charge is 0.407 e. The summed E-state index contributed by atoms with van der Waals surface area (Å²) in [6, 6.07) is 9.84. The van der Waals surface area contributed by atoms with Gasteiger partial charge in [0.05, 0.1) is 6.10 Å². The molecule has 0 heterocycles. The van der Waals surface area contributed by atoms with E-state index in [0.29, 0.717) is 18.4 Å².